The fourth-order valence-corrected chi connectivity index (χ4v) is 3.17. The summed E-state index contributed by atoms with van der Waals surface area (Å²) in [7, 11) is 0. The molecular weight excluding hydrogens is 341 g/mol. The average Bonchev–Trinajstić information content (AvgIpc) is 3.21. The molecule has 0 unspecified atom stereocenters. The van der Waals surface area contributed by atoms with Crippen molar-refractivity contribution in [1.29, 1.82) is 0 Å². The Kier molecular flexibility index (Phi) is 4.07. The molecule has 4 rings (SSSR count). The second-order valence-electron chi connectivity index (χ2n) is 5.42. The van der Waals surface area contributed by atoms with E-state index in [1.807, 2.05) is 30.5 Å². The van der Waals surface area contributed by atoms with E-state index in [2.05, 4.69) is 10.1 Å². The summed E-state index contributed by atoms with van der Waals surface area (Å²) in [6.45, 7) is 2.20. The molecule has 0 atom stereocenters. The average molecular weight is 355 g/mol. The Bertz CT molecular complexity index is 1010. The number of ether oxygens (including phenoxy) is 2. The maximum atomic E-state index is 13.0. The first kappa shape index (κ1) is 15.6. The van der Waals surface area contributed by atoms with Crippen LogP contribution in [0.15, 0.2) is 57.9 Å². The highest BCUT2D eigenvalue weighted by atomic mass is 32.1. The van der Waals surface area contributed by atoms with E-state index in [9.17, 15) is 4.39 Å². The minimum Gasteiger partial charge on any atom is -0.454 e. The summed E-state index contributed by atoms with van der Waals surface area (Å²) in [4.78, 5) is 5.24. The van der Waals surface area contributed by atoms with Crippen molar-refractivity contribution in [1.82, 2.24) is 4.68 Å². The first-order valence-corrected chi connectivity index (χ1v) is 8.48. The van der Waals surface area contributed by atoms with Crippen molar-refractivity contribution < 1.29 is 13.9 Å². The summed E-state index contributed by atoms with van der Waals surface area (Å²) in [6.07, 6.45) is 1.74. The molecule has 0 saturated heterocycles. The van der Waals surface area contributed by atoms with Crippen LogP contribution in [0.2, 0.25) is 0 Å². The zero-order chi connectivity index (χ0) is 17.2. The highest BCUT2D eigenvalue weighted by molar-refractivity contribution is 7.07. The van der Waals surface area contributed by atoms with Crippen LogP contribution in [0.4, 0.5) is 10.1 Å². The molecule has 0 saturated carbocycles. The van der Waals surface area contributed by atoms with Crippen LogP contribution in [0.25, 0.3) is 0 Å². The van der Waals surface area contributed by atoms with Crippen LogP contribution in [0.5, 0.6) is 11.5 Å². The molecule has 2 heterocycles. The zero-order valence-corrected chi connectivity index (χ0v) is 14.2. The van der Waals surface area contributed by atoms with Gasteiger partial charge in [-0.15, -0.1) is 11.3 Å². The van der Waals surface area contributed by atoms with Crippen LogP contribution in [0, 0.1) is 12.7 Å². The molecule has 1 aromatic heterocycles. The van der Waals surface area contributed by atoms with Crippen LogP contribution in [-0.4, -0.2) is 17.7 Å². The molecule has 126 valence electrons. The number of rotatable bonds is 3. The van der Waals surface area contributed by atoms with Gasteiger partial charge < -0.3 is 9.47 Å². The third-order valence-electron chi connectivity index (χ3n) is 3.62. The second-order valence-corrected chi connectivity index (χ2v) is 6.25. The topological polar surface area (TPSA) is 48.1 Å². The van der Waals surface area contributed by atoms with E-state index in [1.165, 1.54) is 23.5 Å². The van der Waals surface area contributed by atoms with Gasteiger partial charge in [0, 0.05) is 5.38 Å². The van der Waals surface area contributed by atoms with Gasteiger partial charge in [0.1, 0.15) is 5.82 Å². The lowest BCUT2D eigenvalue weighted by Crippen LogP contribution is -2.11. The Hall–Kier alpha value is -2.93. The fourth-order valence-electron chi connectivity index (χ4n) is 2.35. The molecule has 7 heteroatoms. The lowest BCUT2D eigenvalue weighted by molar-refractivity contribution is 0.174. The van der Waals surface area contributed by atoms with Crippen LogP contribution < -0.4 is 14.3 Å². The summed E-state index contributed by atoms with van der Waals surface area (Å²) < 4.78 is 25.5. The molecule has 0 spiro atoms. The summed E-state index contributed by atoms with van der Waals surface area (Å²) in [6, 6.07) is 11.7. The largest absolute Gasteiger partial charge is 0.454 e. The molecule has 3 aromatic rings. The van der Waals surface area contributed by atoms with E-state index < -0.39 is 0 Å². The van der Waals surface area contributed by atoms with Crippen molar-refractivity contribution in [3.63, 3.8) is 0 Å². The van der Waals surface area contributed by atoms with Gasteiger partial charge in [-0.3, -0.25) is 0 Å². The first-order chi connectivity index (χ1) is 12.2. The van der Waals surface area contributed by atoms with Crippen LogP contribution >= 0.6 is 11.3 Å². The Morgan fingerprint density at radius 2 is 1.92 bits per heavy atom. The lowest BCUT2D eigenvalue weighted by atomic mass is 10.2. The summed E-state index contributed by atoms with van der Waals surface area (Å²) in [5.41, 5.74) is 2.54. The Morgan fingerprint density at radius 3 is 2.76 bits per heavy atom. The molecule has 2 aromatic carbocycles. The fraction of sp³-hybridized carbons (Fsp3) is 0.111. The number of nitrogens with zero attached hydrogens (tertiary/aromatic N) is 3. The SMILES string of the molecule is Cc1csc(=Nc2ccc(F)cc2)n1N=Cc1ccc2c(c1)OCO2. The highest BCUT2D eigenvalue weighted by Crippen LogP contribution is 2.32. The Labute approximate surface area is 147 Å². The molecule has 25 heavy (non-hydrogen) atoms. The Balaban J connectivity index is 1.67. The van der Waals surface area contributed by atoms with E-state index in [0.717, 1.165) is 17.0 Å². The summed E-state index contributed by atoms with van der Waals surface area (Å²) in [5, 5.41) is 6.48. The quantitative estimate of drug-likeness (QED) is 0.670. The smallest absolute Gasteiger partial charge is 0.231 e. The number of aryl methyl sites for hydroxylation is 1. The molecule has 5 nitrogen and oxygen atoms in total. The molecule has 0 N–H and O–H groups in total. The molecule has 0 aliphatic carbocycles. The monoisotopic (exact) mass is 355 g/mol. The molecule has 1 aliphatic heterocycles. The maximum absolute atomic E-state index is 13.0. The van der Waals surface area contributed by atoms with Gasteiger partial charge in [-0.05, 0) is 55.0 Å². The predicted octanol–water partition coefficient (Wildman–Crippen LogP) is 3.84. The maximum Gasteiger partial charge on any atom is 0.231 e. The van der Waals surface area contributed by atoms with Gasteiger partial charge in [0.2, 0.25) is 11.6 Å². The minimum atomic E-state index is -0.282. The number of aromatic nitrogens is 1. The summed E-state index contributed by atoms with van der Waals surface area (Å²) in [5.74, 6) is 1.17. The summed E-state index contributed by atoms with van der Waals surface area (Å²) >= 11 is 1.47. The molecule has 0 fully saturated rings. The number of hydrogen-bond acceptors (Lipinski definition) is 5. The third-order valence-corrected chi connectivity index (χ3v) is 4.55. The van der Waals surface area contributed by atoms with Crippen LogP contribution in [0.3, 0.4) is 0 Å². The molecule has 1 aliphatic rings. The zero-order valence-electron chi connectivity index (χ0n) is 13.3. The van der Waals surface area contributed by atoms with Crippen LogP contribution in [0.1, 0.15) is 11.3 Å². The van der Waals surface area contributed by atoms with E-state index in [0.29, 0.717) is 16.2 Å². The lowest BCUT2D eigenvalue weighted by Gasteiger charge is -2.00. The molecule has 0 bridgehead atoms. The van der Waals surface area contributed by atoms with E-state index in [1.54, 1.807) is 23.0 Å². The van der Waals surface area contributed by atoms with Crippen molar-refractivity contribution in [3.05, 3.63) is 69.7 Å². The second kappa shape index (κ2) is 6.52. The first-order valence-electron chi connectivity index (χ1n) is 7.60. The number of hydrogen-bond donors (Lipinski definition) is 0. The number of benzene rings is 2. The van der Waals surface area contributed by atoms with Gasteiger partial charge in [-0.2, -0.15) is 5.10 Å². The van der Waals surface area contributed by atoms with Crippen molar-refractivity contribution in [2.75, 3.05) is 6.79 Å². The predicted molar refractivity (Wildman–Crippen MR) is 94.2 cm³/mol. The minimum absolute atomic E-state index is 0.245. The molecule has 0 amide bonds. The van der Waals surface area contributed by atoms with Crippen molar-refractivity contribution in [2.45, 2.75) is 6.92 Å². The normalized spacial score (nSPS) is 13.8. The highest BCUT2D eigenvalue weighted by Gasteiger charge is 2.12. The number of thiazole rings is 1. The van der Waals surface area contributed by atoms with E-state index >= 15 is 0 Å². The van der Waals surface area contributed by atoms with Gasteiger partial charge in [0.25, 0.3) is 0 Å². The van der Waals surface area contributed by atoms with Crippen LogP contribution in [-0.2, 0) is 0 Å². The van der Waals surface area contributed by atoms with Crippen molar-refractivity contribution in [3.8, 4) is 11.5 Å². The van der Waals surface area contributed by atoms with Crippen molar-refractivity contribution in [2.24, 2.45) is 10.1 Å². The number of fused-ring (bicyclic) bond motifs is 1. The molecule has 0 radical (unpaired) electrons. The van der Waals surface area contributed by atoms with Gasteiger partial charge in [-0.25, -0.2) is 14.1 Å². The van der Waals surface area contributed by atoms with Gasteiger partial charge in [0.05, 0.1) is 17.6 Å². The Morgan fingerprint density at radius 1 is 1.12 bits per heavy atom. The molecular formula is C18H14FN3O2S. The number of halogens is 1. The third kappa shape index (κ3) is 3.32. The van der Waals surface area contributed by atoms with Crippen molar-refractivity contribution >= 4 is 23.2 Å². The van der Waals surface area contributed by atoms with Gasteiger partial charge in [-0.1, -0.05) is 0 Å². The van der Waals surface area contributed by atoms with E-state index in [-0.39, 0.29) is 12.6 Å². The van der Waals surface area contributed by atoms with E-state index in [4.69, 9.17) is 9.47 Å². The van der Waals surface area contributed by atoms with Gasteiger partial charge >= 0.3 is 0 Å². The van der Waals surface area contributed by atoms with Gasteiger partial charge in [0.15, 0.2) is 11.5 Å². The standard InChI is InChI=1S/C18H14FN3O2S/c1-12-10-25-18(21-15-5-3-14(19)4-6-15)22(12)20-9-13-2-7-16-17(8-13)24-11-23-16/h2-10H,11H2,1H3.